The first-order chi connectivity index (χ1) is 11.1. The Labute approximate surface area is 155 Å². The first-order valence-electron chi connectivity index (χ1n) is 6.94. The number of halogens is 2. The lowest BCUT2D eigenvalue weighted by molar-refractivity contribution is -0.146. The van der Waals surface area contributed by atoms with Crippen molar-refractivity contribution in [2.75, 3.05) is 30.9 Å². The average molecular weight is 405 g/mol. The van der Waals surface area contributed by atoms with Gasteiger partial charge in [-0.2, -0.15) is 37.9 Å². The molecular weight excluding hydrogens is 382 g/mol. The van der Waals surface area contributed by atoms with E-state index in [1.807, 2.05) is 0 Å². The molecular formula is C12H22F2N4O3S3. The summed E-state index contributed by atoms with van der Waals surface area (Å²) in [6.45, 7) is 1.62. The van der Waals surface area contributed by atoms with E-state index in [1.54, 1.807) is 12.2 Å². The maximum Gasteiger partial charge on any atom is 0.280 e. The molecule has 0 aromatic rings. The first-order valence-corrected chi connectivity index (χ1v) is 8.84. The predicted octanol–water partition coefficient (Wildman–Crippen LogP) is -0.936. The van der Waals surface area contributed by atoms with Crippen molar-refractivity contribution in [1.29, 1.82) is 0 Å². The molecule has 0 radical (unpaired) electrons. The van der Waals surface area contributed by atoms with Gasteiger partial charge >= 0.3 is 0 Å². The molecule has 4 N–H and O–H groups in total. The lowest BCUT2D eigenvalue weighted by Gasteiger charge is -2.30. The van der Waals surface area contributed by atoms with Gasteiger partial charge in [0.25, 0.3) is 17.6 Å². The third-order valence-corrected chi connectivity index (χ3v) is 4.21. The zero-order valence-corrected chi connectivity index (χ0v) is 15.9. The highest BCUT2D eigenvalue weighted by Gasteiger charge is 2.46. The number of likely N-dealkylation sites (N-methyl/N-ethyl adjacent to an activating group) is 2. The van der Waals surface area contributed by atoms with Crippen LogP contribution in [0.2, 0.25) is 0 Å². The lowest BCUT2D eigenvalue weighted by Crippen LogP contribution is -2.66. The molecule has 12 heteroatoms. The molecule has 0 heterocycles. The van der Waals surface area contributed by atoms with E-state index in [1.165, 1.54) is 7.05 Å². The van der Waals surface area contributed by atoms with Gasteiger partial charge in [-0.3, -0.25) is 19.7 Å². The molecule has 7 nitrogen and oxygen atoms in total. The highest BCUT2D eigenvalue weighted by Crippen LogP contribution is 2.16. The SMILES string of the molecule is CCN[C@](F)(CS)C(=O)N[C@@](F)(CS)C(=O)N[C@@H](CS)C(=O)NC. The molecule has 0 saturated carbocycles. The van der Waals surface area contributed by atoms with Crippen LogP contribution in [0, 0.1) is 0 Å². The maximum atomic E-state index is 14.7. The molecule has 0 aromatic carbocycles. The van der Waals surface area contributed by atoms with Gasteiger partial charge in [-0.05, 0) is 6.54 Å². The minimum absolute atomic E-state index is 0.0786. The standard InChI is InChI=1S/C12H22F2N4O3S3/c1-3-16-11(13,5-23)10(21)18-12(14,6-24)9(20)17-7(4-22)8(19)15-2/h7,16,22-24H,3-6H2,1-2H3,(H,15,19)(H,17,20)(H,18,21)/t7-,11+,12-/m0/s1. The van der Waals surface area contributed by atoms with Gasteiger partial charge in [0, 0.05) is 18.6 Å². The Bertz CT molecular complexity index is 475. The number of alkyl halides is 2. The molecule has 0 aromatic heterocycles. The van der Waals surface area contributed by atoms with E-state index < -0.39 is 46.9 Å². The molecule has 0 fully saturated rings. The van der Waals surface area contributed by atoms with Gasteiger partial charge in [0.1, 0.15) is 6.04 Å². The molecule has 0 unspecified atom stereocenters. The molecule has 24 heavy (non-hydrogen) atoms. The van der Waals surface area contributed by atoms with Crippen molar-refractivity contribution in [3.63, 3.8) is 0 Å². The van der Waals surface area contributed by atoms with Gasteiger partial charge in [-0.15, -0.1) is 0 Å². The van der Waals surface area contributed by atoms with Gasteiger partial charge < -0.3 is 16.0 Å². The summed E-state index contributed by atoms with van der Waals surface area (Å²) in [6.07, 6.45) is 0. The number of hydrogen-bond donors (Lipinski definition) is 7. The summed E-state index contributed by atoms with van der Waals surface area (Å²) in [5.41, 5.74) is 0. The first kappa shape index (κ1) is 23.3. The van der Waals surface area contributed by atoms with Crippen LogP contribution >= 0.6 is 37.9 Å². The van der Waals surface area contributed by atoms with E-state index in [2.05, 4.69) is 53.8 Å². The molecule has 140 valence electrons. The van der Waals surface area contributed by atoms with Crippen LogP contribution in [0.1, 0.15) is 6.92 Å². The quantitative estimate of drug-likeness (QED) is 0.189. The van der Waals surface area contributed by atoms with Crippen LogP contribution in [0.15, 0.2) is 0 Å². The van der Waals surface area contributed by atoms with Crippen LogP contribution in [0.25, 0.3) is 0 Å². The Balaban J connectivity index is 5.22. The Morgan fingerprint density at radius 1 is 1.04 bits per heavy atom. The van der Waals surface area contributed by atoms with Crippen LogP contribution in [-0.2, 0) is 14.4 Å². The van der Waals surface area contributed by atoms with Crippen molar-refractivity contribution in [1.82, 2.24) is 21.3 Å². The third kappa shape index (κ3) is 5.97. The van der Waals surface area contributed by atoms with E-state index in [-0.39, 0.29) is 12.3 Å². The fourth-order valence-electron chi connectivity index (χ4n) is 1.58. The smallest absolute Gasteiger partial charge is 0.280 e. The van der Waals surface area contributed by atoms with E-state index in [0.717, 1.165) is 0 Å². The molecule has 0 spiro atoms. The number of amides is 3. The topological polar surface area (TPSA) is 99.3 Å². The zero-order valence-electron chi connectivity index (χ0n) is 13.2. The van der Waals surface area contributed by atoms with E-state index in [0.29, 0.717) is 0 Å². The Morgan fingerprint density at radius 3 is 1.96 bits per heavy atom. The minimum atomic E-state index is -3.02. The number of carbonyl (C=O) groups excluding carboxylic acids is 3. The van der Waals surface area contributed by atoms with E-state index in [4.69, 9.17) is 0 Å². The van der Waals surface area contributed by atoms with Crippen LogP contribution in [0.4, 0.5) is 8.78 Å². The van der Waals surface area contributed by atoms with Gasteiger partial charge in [-0.25, -0.2) is 8.78 Å². The van der Waals surface area contributed by atoms with Gasteiger partial charge in [0.05, 0.1) is 5.75 Å². The maximum absolute atomic E-state index is 14.7. The monoisotopic (exact) mass is 404 g/mol. The molecule has 0 aliphatic rings. The molecule has 0 aliphatic heterocycles. The Kier molecular flexibility index (Phi) is 10.0. The summed E-state index contributed by atoms with van der Waals surface area (Å²) < 4.78 is 29.1. The molecule has 0 rings (SSSR count). The Hall–Kier alpha value is -0.720. The second-order valence-electron chi connectivity index (χ2n) is 4.73. The third-order valence-electron chi connectivity index (χ3n) is 2.98. The second kappa shape index (κ2) is 10.3. The van der Waals surface area contributed by atoms with E-state index in [9.17, 15) is 23.2 Å². The fourth-order valence-corrected chi connectivity index (χ4v) is 2.31. The highest BCUT2D eigenvalue weighted by molar-refractivity contribution is 7.80. The van der Waals surface area contributed by atoms with Crippen LogP contribution in [-0.4, -0.2) is 66.2 Å². The number of rotatable bonds is 10. The van der Waals surface area contributed by atoms with Crippen molar-refractivity contribution in [3.05, 3.63) is 0 Å². The summed E-state index contributed by atoms with van der Waals surface area (Å²) in [4.78, 5) is 35.6. The highest BCUT2D eigenvalue weighted by atomic mass is 32.1. The van der Waals surface area contributed by atoms with Crippen LogP contribution < -0.4 is 21.3 Å². The Morgan fingerprint density at radius 2 is 1.58 bits per heavy atom. The molecule has 0 bridgehead atoms. The van der Waals surface area contributed by atoms with Gasteiger partial charge in [0.2, 0.25) is 11.7 Å². The van der Waals surface area contributed by atoms with Crippen LogP contribution in [0.5, 0.6) is 0 Å². The molecule has 3 atom stereocenters. The number of thiol groups is 3. The van der Waals surface area contributed by atoms with Gasteiger partial charge in [-0.1, -0.05) is 6.92 Å². The second-order valence-corrected chi connectivity index (χ2v) is 5.72. The number of hydrogen-bond acceptors (Lipinski definition) is 7. The van der Waals surface area contributed by atoms with Crippen molar-refractivity contribution in [2.24, 2.45) is 0 Å². The normalized spacial score (nSPS) is 17.1. The lowest BCUT2D eigenvalue weighted by atomic mass is 10.2. The van der Waals surface area contributed by atoms with Crippen molar-refractivity contribution >= 4 is 55.6 Å². The summed E-state index contributed by atoms with van der Waals surface area (Å²) in [5, 5.41) is 8.25. The van der Waals surface area contributed by atoms with Crippen molar-refractivity contribution < 1.29 is 23.2 Å². The van der Waals surface area contributed by atoms with Crippen molar-refractivity contribution in [3.8, 4) is 0 Å². The number of nitrogens with one attached hydrogen (secondary N) is 4. The molecule has 3 amide bonds. The minimum Gasteiger partial charge on any atom is -0.357 e. The number of carbonyl (C=O) groups is 3. The van der Waals surface area contributed by atoms with Crippen molar-refractivity contribution in [2.45, 2.75) is 24.6 Å². The van der Waals surface area contributed by atoms with Gasteiger partial charge in [0.15, 0.2) is 0 Å². The summed E-state index contributed by atoms with van der Waals surface area (Å²) >= 11 is 11.3. The largest absolute Gasteiger partial charge is 0.357 e. The fraction of sp³-hybridized carbons (Fsp3) is 0.750. The summed E-state index contributed by atoms with van der Waals surface area (Å²) in [6, 6.07) is -1.13. The molecule has 0 aliphatic carbocycles. The van der Waals surface area contributed by atoms with E-state index >= 15 is 0 Å². The predicted molar refractivity (Wildman–Crippen MR) is 97.1 cm³/mol. The van der Waals surface area contributed by atoms with Crippen LogP contribution in [0.3, 0.4) is 0 Å². The summed E-state index contributed by atoms with van der Waals surface area (Å²) in [5.74, 6) is -10.5. The summed E-state index contributed by atoms with van der Waals surface area (Å²) in [7, 11) is 1.33. The zero-order chi connectivity index (χ0) is 19.0. The molecule has 0 saturated heterocycles. The average Bonchev–Trinajstić information content (AvgIpc) is 2.58.